The summed E-state index contributed by atoms with van der Waals surface area (Å²) < 4.78 is 17.4. The molecule has 3 nitrogen and oxygen atoms in total. The van der Waals surface area contributed by atoms with Crippen molar-refractivity contribution in [3.05, 3.63) is 29.6 Å². The SMILES string of the molecule is CCOC(C)=O.Fc1ccc2c(c1)C1CCCC1N2. The molecule has 19 heavy (non-hydrogen) atoms. The highest BCUT2D eigenvalue weighted by Gasteiger charge is 2.35. The number of hydrogen-bond donors (Lipinski definition) is 1. The second-order valence-corrected chi connectivity index (χ2v) is 4.94. The topological polar surface area (TPSA) is 38.3 Å². The number of halogens is 1. The number of nitrogens with one attached hydrogen (secondary N) is 1. The van der Waals surface area contributed by atoms with Gasteiger partial charge in [0.2, 0.25) is 0 Å². The van der Waals surface area contributed by atoms with E-state index in [9.17, 15) is 9.18 Å². The number of carbonyl (C=O) groups excluding carboxylic acids is 1. The zero-order chi connectivity index (χ0) is 13.8. The first-order valence-electron chi connectivity index (χ1n) is 6.81. The molecule has 2 unspecified atom stereocenters. The van der Waals surface area contributed by atoms with Gasteiger partial charge in [-0.15, -0.1) is 0 Å². The minimum atomic E-state index is -0.211. The van der Waals surface area contributed by atoms with E-state index in [0.717, 1.165) is 5.69 Å². The van der Waals surface area contributed by atoms with E-state index in [1.165, 1.54) is 37.8 Å². The lowest BCUT2D eigenvalue weighted by atomic mass is 9.98. The van der Waals surface area contributed by atoms with Gasteiger partial charge in [-0.1, -0.05) is 6.42 Å². The number of esters is 1. The molecule has 0 aromatic heterocycles. The van der Waals surface area contributed by atoms with Crippen LogP contribution >= 0.6 is 0 Å². The van der Waals surface area contributed by atoms with Crippen molar-refractivity contribution in [2.24, 2.45) is 0 Å². The molecule has 0 radical (unpaired) electrons. The number of carbonyl (C=O) groups is 1. The van der Waals surface area contributed by atoms with Crippen LogP contribution in [0, 0.1) is 5.82 Å². The third kappa shape index (κ3) is 3.25. The largest absolute Gasteiger partial charge is 0.466 e. The van der Waals surface area contributed by atoms with Gasteiger partial charge in [-0.25, -0.2) is 4.39 Å². The van der Waals surface area contributed by atoms with Gasteiger partial charge >= 0.3 is 5.97 Å². The molecule has 1 fully saturated rings. The number of anilines is 1. The Morgan fingerprint density at radius 2 is 2.26 bits per heavy atom. The Balaban J connectivity index is 0.000000192. The van der Waals surface area contributed by atoms with E-state index in [-0.39, 0.29) is 11.8 Å². The van der Waals surface area contributed by atoms with Crippen LogP contribution in [0.4, 0.5) is 10.1 Å². The van der Waals surface area contributed by atoms with Crippen LogP contribution in [0.3, 0.4) is 0 Å². The molecule has 4 heteroatoms. The Bertz CT molecular complexity index is 461. The second kappa shape index (κ2) is 6.04. The lowest BCUT2D eigenvalue weighted by Gasteiger charge is -2.08. The summed E-state index contributed by atoms with van der Waals surface area (Å²) in [5.41, 5.74) is 2.35. The van der Waals surface area contributed by atoms with Gasteiger partial charge in [0.05, 0.1) is 6.61 Å². The first kappa shape index (κ1) is 13.8. The standard InChI is InChI=1S/C11H12FN.C4H8O2/c12-7-4-5-11-9(6-7)8-2-1-3-10(8)13-11;1-3-6-4(2)5/h4-6,8,10,13H,1-3H2;3H2,1-2H3. The maximum absolute atomic E-state index is 13.0. The first-order valence-corrected chi connectivity index (χ1v) is 6.81. The number of hydrogen-bond acceptors (Lipinski definition) is 3. The van der Waals surface area contributed by atoms with Gasteiger partial charge in [-0.3, -0.25) is 4.79 Å². The Morgan fingerprint density at radius 1 is 1.47 bits per heavy atom. The maximum atomic E-state index is 13.0. The highest BCUT2D eigenvalue weighted by Crippen LogP contribution is 2.45. The lowest BCUT2D eigenvalue weighted by Crippen LogP contribution is -2.13. The number of benzene rings is 1. The summed E-state index contributed by atoms with van der Waals surface area (Å²) in [7, 11) is 0. The zero-order valence-corrected chi connectivity index (χ0v) is 11.4. The van der Waals surface area contributed by atoms with E-state index >= 15 is 0 Å². The van der Waals surface area contributed by atoms with E-state index in [2.05, 4.69) is 10.1 Å². The summed E-state index contributed by atoms with van der Waals surface area (Å²) in [6.45, 7) is 3.65. The fraction of sp³-hybridized carbons (Fsp3) is 0.533. The van der Waals surface area contributed by atoms with E-state index in [0.29, 0.717) is 18.6 Å². The molecule has 2 aliphatic rings. The molecular formula is C15H20FNO2. The molecule has 1 saturated carbocycles. The molecular weight excluding hydrogens is 245 g/mol. The van der Waals surface area contributed by atoms with Gasteiger partial charge in [0.15, 0.2) is 0 Å². The smallest absolute Gasteiger partial charge is 0.302 e. The van der Waals surface area contributed by atoms with E-state index in [1.807, 2.05) is 6.07 Å². The van der Waals surface area contributed by atoms with Crippen LogP contribution in [0.25, 0.3) is 0 Å². The molecule has 104 valence electrons. The Morgan fingerprint density at radius 3 is 2.89 bits per heavy atom. The quantitative estimate of drug-likeness (QED) is 0.790. The Kier molecular flexibility index (Phi) is 4.40. The Labute approximate surface area is 113 Å². The van der Waals surface area contributed by atoms with E-state index < -0.39 is 0 Å². The predicted molar refractivity (Wildman–Crippen MR) is 72.7 cm³/mol. The van der Waals surface area contributed by atoms with Gasteiger partial charge in [-0.05, 0) is 43.5 Å². The van der Waals surface area contributed by atoms with Crippen molar-refractivity contribution in [1.82, 2.24) is 0 Å². The van der Waals surface area contributed by atoms with Gasteiger partial charge in [-0.2, -0.15) is 0 Å². The van der Waals surface area contributed by atoms with Crippen LogP contribution in [0.2, 0.25) is 0 Å². The predicted octanol–water partition coefficient (Wildman–Crippen LogP) is 3.46. The normalized spacial score (nSPS) is 22.7. The van der Waals surface area contributed by atoms with Gasteiger partial charge in [0.1, 0.15) is 5.82 Å². The highest BCUT2D eigenvalue weighted by molar-refractivity contribution is 5.65. The van der Waals surface area contributed by atoms with Crippen molar-refractivity contribution in [2.75, 3.05) is 11.9 Å². The maximum Gasteiger partial charge on any atom is 0.302 e. The molecule has 1 aromatic carbocycles. The zero-order valence-electron chi connectivity index (χ0n) is 11.4. The van der Waals surface area contributed by atoms with Gasteiger partial charge in [0, 0.05) is 24.6 Å². The highest BCUT2D eigenvalue weighted by atomic mass is 19.1. The number of ether oxygens (including phenoxy) is 1. The van der Waals surface area contributed by atoms with Crippen molar-refractivity contribution in [3.8, 4) is 0 Å². The minimum Gasteiger partial charge on any atom is -0.466 e. The second-order valence-electron chi connectivity index (χ2n) is 4.94. The molecule has 1 N–H and O–H groups in total. The van der Waals surface area contributed by atoms with E-state index in [1.54, 1.807) is 13.0 Å². The van der Waals surface area contributed by atoms with Gasteiger partial charge in [0.25, 0.3) is 0 Å². The van der Waals surface area contributed by atoms with Crippen molar-refractivity contribution >= 4 is 11.7 Å². The molecule has 2 atom stereocenters. The number of fused-ring (bicyclic) bond motifs is 3. The average Bonchev–Trinajstić information content (AvgIpc) is 2.90. The van der Waals surface area contributed by atoms with Crippen LogP contribution in [0.1, 0.15) is 44.6 Å². The summed E-state index contributed by atoms with van der Waals surface area (Å²) in [6, 6.07) is 5.67. The molecule has 3 rings (SSSR count). The van der Waals surface area contributed by atoms with Crippen LogP contribution in [0.5, 0.6) is 0 Å². The minimum absolute atomic E-state index is 0.104. The summed E-state index contributed by atoms with van der Waals surface area (Å²) in [5.74, 6) is 0.260. The fourth-order valence-electron chi connectivity index (χ4n) is 2.88. The lowest BCUT2D eigenvalue weighted by molar-refractivity contribution is -0.140. The first-order chi connectivity index (χ1) is 9.11. The summed E-state index contributed by atoms with van der Waals surface area (Å²) in [6.07, 6.45) is 3.73. The summed E-state index contributed by atoms with van der Waals surface area (Å²) in [4.78, 5) is 9.82. The third-order valence-corrected chi connectivity index (χ3v) is 3.62. The molecule has 1 aliphatic heterocycles. The average molecular weight is 265 g/mol. The van der Waals surface area contributed by atoms with Crippen molar-refractivity contribution in [1.29, 1.82) is 0 Å². The van der Waals surface area contributed by atoms with Crippen LogP contribution < -0.4 is 5.32 Å². The Hall–Kier alpha value is -1.58. The summed E-state index contributed by atoms with van der Waals surface area (Å²) >= 11 is 0. The van der Waals surface area contributed by atoms with Crippen LogP contribution in [0.15, 0.2) is 18.2 Å². The van der Waals surface area contributed by atoms with Crippen molar-refractivity contribution in [3.63, 3.8) is 0 Å². The molecule has 0 bridgehead atoms. The fourth-order valence-corrected chi connectivity index (χ4v) is 2.88. The van der Waals surface area contributed by atoms with Crippen molar-refractivity contribution in [2.45, 2.75) is 45.1 Å². The van der Waals surface area contributed by atoms with Crippen molar-refractivity contribution < 1.29 is 13.9 Å². The molecule has 0 amide bonds. The molecule has 1 aromatic rings. The third-order valence-electron chi connectivity index (χ3n) is 3.62. The van der Waals surface area contributed by atoms with Crippen LogP contribution in [-0.4, -0.2) is 18.6 Å². The van der Waals surface area contributed by atoms with E-state index in [4.69, 9.17) is 0 Å². The van der Waals surface area contributed by atoms with Crippen LogP contribution in [-0.2, 0) is 9.53 Å². The molecule has 0 spiro atoms. The molecule has 1 aliphatic carbocycles. The molecule has 1 heterocycles. The van der Waals surface area contributed by atoms with Gasteiger partial charge < -0.3 is 10.1 Å². The summed E-state index contributed by atoms with van der Waals surface area (Å²) in [5, 5.41) is 3.46. The monoisotopic (exact) mass is 265 g/mol. The molecule has 0 saturated heterocycles. The number of rotatable bonds is 1.